The normalized spacial score (nSPS) is 10.8. The van der Waals surface area contributed by atoms with Gasteiger partial charge in [-0.1, -0.05) is 78.3 Å². The first-order valence-electron chi connectivity index (χ1n) is 11.3. The number of nitrogens with one attached hydrogen (secondary N) is 1. The van der Waals surface area contributed by atoms with Gasteiger partial charge in [0.15, 0.2) is 0 Å². The lowest BCUT2D eigenvalue weighted by Gasteiger charge is -2.10. The van der Waals surface area contributed by atoms with Crippen LogP contribution < -0.4 is 14.8 Å². The highest BCUT2D eigenvalue weighted by Gasteiger charge is 2.12. The molecule has 0 saturated heterocycles. The molecule has 36 heavy (non-hydrogen) atoms. The average Bonchev–Trinajstić information content (AvgIpc) is 2.92. The van der Waals surface area contributed by atoms with Crippen molar-refractivity contribution in [3.63, 3.8) is 0 Å². The van der Waals surface area contributed by atoms with Crippen molar-refractivity contribution in [1.82, 2.24) is 0 Å². The maximum Gasteiger partial charge on any atom is 0.266 e. The summed E-state index contributed by atoms with van der Waals surface area (Å²) < 4.78 is 11.7. The second-order valence-corrected chi connectivity index (χ2v) is 8.25. The van der Waals surface area contributed by atoms with Crippen molar-refractivity contribution in [1.29, 1.82) is 5.26 Å². The number of halogens is 1. The highest BCUT2D eigenvalue weighted by atomic mass is 35.5. The zero-order chi connectivity index (χ0) is 25.2. The standard InChI is InChI=1S/C30H23ClN2O3/c31-28-12-6-4-11-24(28)21-35-27-16-14-26(15-17-27)33-30(34)25(19-32)18-23-10-5-7-13-29(23)36-20-22-8-2-1-3-9-22/h1-18H,20-21H2,(H,33,34)/b25-18+. The van der Waals surface area contributed by atoms with Gasteiger partial charge < -0.3 is 14.8 Å². The van der Waals surface area contributed by atoms with Crippen LogP contribution in [0, 0.1) is 11.3 Å². The summed E-state index contributed by atoms with van der Waals surface area (Å²) in [5, 5.41) is 13.0. The van der Waals surface area contributed by atoms with E-state index in [-0.39, 0.29) is 5.57 Å². The number of amides is 1. The van der Waals surface area contributed by atoms with Crippen LogP contribution in [-0.2, 0) is 18.0 Å². The Balaban J connectivity index is 1.40. The monoisotopic (exact) mass is 494 g/mol. The van der Waals surface area contributed by atoms with Crippen LogP contribution in [0.3, 0.4) is 0 Å². The first kappa shape index (κ1) is 24.6. The highest BCUT2D eigenvalue weighted by Crippen LogP contribution is 2.24. The second-order valence-electron chi connectivity index (χ2n) is 7.84. The van der Waals surface area contributed by atoms with Gasteiger partial charge in [0.2, 0.25) is 0 Å². The summed E-state index contributed by atoms with van der Waals surface area (Å²) >= 11 is 6.16. The third kappa shape index (κ3) is 6.75. The molecule has 0 radical (unpaired) electrons. The highest BCUT2D eigenvalue weighted by molar-refractivity contribution is 6.31. The number of nitrogens with zero attached hydrogens (tertiary/aromatic N) is 1. The van der Waals surface area contributed by atoms with Crippen molar-refractivity contribution >= 4 is 29.3 Å². The van der Waals surface area contributed by atoms with Crippen molar-refractivity contribution in [2.24, 2.45) is 0 Å². The van der Waals surface area contributed by atoms with Crippen LogP contribution in [0.5, 0.6) is 11.5 Å². The Morgan fingerprint density at radius 1 is 0.833 bits per heavy atom. The van der Waals surface area contributed by atoms with E-state index in [1.54, 1.807) is 30.3 Å². The van der Waals surface area contributed by atoms with E-state index in [1.807, 2.05) is 78.9 Å². The van der Waals surface area contributed by atoms with Crippen LogP contribution >= 0.6 is 11.6 Å². The summed E-state index contributed by atoms with van der Waals surface area (Å²) in [5.74, 6) is 0.704. The topological polar surface area (TPSA) is 71.3 Å². The SMILES string of the molecule is N#C/C(=C\c1ccccc1OCc1ccccc1)C(=O)Nc1ccc(OCc2ccccc2Cl)cc1. The predicted octanol–water partition coefficient (Wildman–Crippen LogP) is 7.04. The van der Waals surface area contributed by atoms with Gasteiger partial charge in [0.25, 0.3) is 5.91 Å². The molecule has 0 unspecified atom stereocenters. The molecule has 0 fully saturated rings. The molecule has 6 heteroatoms. The first-order valence-corrected chi connectivity index (χ1v) is 11.7. The molecule has 0 aliphatic heterocycles. The number of ether oxygens (including phenoxy) is 2. The Morgan fingerprint density at radius 2 is 1.53 bits per heavy atom. The quantitative estimate of drug-likeness (QED) is 0.200. The van der Waals surface area contributed by atoms with Crippen LogP contribution in [0.4, 0.5) is 5.69 Å². The van der Waals surface area contributed by atoms with Crippen LogP contribution in [0.25, 0.3) is 6.08 Å². The minimum Gasteiger partial charge on any atom is -0.489 e. The van der Waals surface area contributed by atoms with Crippen molar-refractivity contribution in [2.75, 3.05) is 5.32 Å². The average molecular weight is 495 g/mol. The number of benzene rings is 4. The van der Waals surface area contributed by atoms with Crippen molar-refractivity contribution in [3.05, 3.63) is 130 Å². The van der Waals surface area contributed by atoms with E-state index in [9.17, 15) is 10.1 Å². The Kier molecular flexibility index (Phi) is 8.37. The van der Waals surface area contributed by atoms with Crippen molar-refractivity contribution in [2.45, 2.75) is 13.2 Å². The van der Waals surface area contributed by atoms with Crippen molar-refractivity contribution in [3.8, 4) is 17.6 Å². The molecule has 0 spiro atoms. The van der Waals surface area contributed by atoms with Crippen molar-refractivity contribution < 1.29 is 14.3 Å². The van der Waals surface area contributed by atoms with Crippen LogP contribution in [0.15, 0.2) is 109 Å². The molecule has 0 aliphatic carbocycles. The van der Waals surface area contributed by atoms with E-state index in [0.717, 1.165) is 11.1 Å². The number of carbonyl (C=O) groups is 1. The lowest BCUT2D eigenvalue weighted by Crippen LogP contribution is -2.13. The van der Waals surface area contributed by atoms with Crippen LogP contribution in [0.1, 0.15) is 16.7 Å². The Labute approximate surface area is 215 Å². The van der Waals surface area contributed by atoms with E-state index in [0.29, 0.717) is 41.0 Å². The van der Waals surface area contributed by atoms with E-state index in [4.69, 9.17) is 21.1 Å². The summed E-state index contributed by atoms with van der Waals surface area (Å²) in [6.07, 6.45) is 1.52. The number of nitriles is 1. The Bertz CT molecular complexity index is 1390. The zero-order valence-corrected chi connectivity index (χ0v) is 20.1. The molecule has 4 aromatic carbocycles. The van der Waals surface area contributed by atoms with Gasteiger partial charge >= 0.3 is 0 Å². The summed E-state index contributed by atoms with van der Waals surface area (Å²) in [5.41, 5.74) is 3.05. The molecular weight excluding hydrogens is 472 g/mol. The molecule has 0 atom stereocenters. The fourth-order valence-corrected chi connectivity index (χ4v) is 3.57. The number of hydrogen-bond donors (Lipinski definition) is 1. The third-order valence-corrected chi connectivity index (χ3v) is 5.65. The number of hydrogen-bond acceptors (Lipinski definition) is 4. The fraction of sp³-hybridized carbons (Fsp3) is 0.0667. The third-order valence-electron chi connectivity index (χ3n) is 5.29. The summed E-state index contributed by atoms with van der Waals surface area (Å²) in [7, 11) is 0. The summed E-state index contributed by atoms with van der Waals surface area (Å²) in [6, 6.07) is 33.4. The molecule has 0 saturated carbocycles. The van der Waals surface area contributed by atoms with E-state index >= 15 is 0 Å². The summed E-state index contributed by atoms with van der Waals surface area (Å²) in [4.78, 5) is 12.8. The molecule has 1 amide bonds. The molecule has 0 aliphatic rings. The number of anilines is 1. The molecule has 4 aromatic rings. The molecular formula is C30H23ClN2O3. The van der Waals surface area contributed by atoms with Gasteiger partial charge in [-0.2, -0.15) is 5.26 Å². The minimum absolute atomic E-state index is 0.0372. The molecule has 0 aromatic heterocycles. The largest absolute Gasteiger partial charge is 0.489 e. The number of carbonyl (C=O) groups excluding carboxylic acids is 1. The number of para-hydroxylation sites is 1. The van der Waals surface area contributed by atoms with Crippen LogP contribution in [0.2, 0.25) is 5.02 Å². The first-order chi connectivity index (χ1) is 17.6. The maximum atomic E-state index is 12.8. The Morgan fingerprint density at radius 3 is 2.28 bits per heavy atom. The van der Waals surface area contributed by atoms with Gasteiger partial charge in [-0.15, -0.1) is 0 Å². The van der Waals surface area contributed by atoms with E-state index in [1.165, 1.54) is 6.08 Å². The van der Waals surface area contributed by atoms with Gasteiger partial charge in [0, 0.05) is 21.8 Å². The minimum atomic E-state index is -0.514. The molecule has 0 heterocycles. The van der Waals surface area contributed by atoms with Gasteiger partial charge in [-0.3, -0.25) is 4.79 Å². The fourth-order valence-electron chi connectivity index (χ4n) is 3.38. The van der Waals surface area contributed by atoms with Gasteiger partial charge in [-0.25, -0.2) is 0 Å². The van der Waals surface area contributed by atoms with Gasteiger partial charge in [-0.05, 0) is 48.0 Å². The van der Waals surface area contributed by atoms with Gasteiger partial charge in [0.05, 0.1) is 0 Å². The Hall–Kier alpha value is -4.53. The maximum absolute atomic E-state index is 12.8. The second kappa shape index (κ2) is 12.3. The van der Waals surface area contributed by atoms with E-state index in [2.05, 4.69) is 5.32 Å². The molecule has 1 N–H and O–H groups in total. The van der Waals surface area contributed by atoms with Gasteiger partial charge in [0.1, 0.15) is 36.4 Å². The molecule has 5 nitrogen and oxygen atoms in total. The lowest BCUT2D eigenvalue weighted by molar-refractivity contribution is -0.112. The summed E-state index contributed by atoms with van der Waals surface area (Å²) in [6.45, 7) is 0.711. The smallest absolute Gasteiger partial charge is 0.266 e. The zero-order valence-electron chi connectivity index (χ0n) is 19.4. The molecule has 0 bridgehead atoms. The lowest BCUT2D eigenvalue weighted by atomic mass is 10.1. The van der Waals surface area contributed by atoms with Crippen LogP contribution in [-0.4, -0.2) is 5.91 Å². The predicted molar refractivity (Wildman–Crippen MR) is 142 cm³/mol. The number of rotatable bonds is 9. The van der Waals surface area contributed by atoms with E-state index < -0.39 is 5.91 Å². The molecule has 4 rings (SSSR count). The molecule has 178 valence electrons.